The number of hydrogen-bond acceptors (Lipinski definition) is 5. The van der Waals surface area contributed by atoms with Crippen molar-refractivity contribution >= 4 is 11.9 Å². The number of carbonyl (C=O) groups is 2. The fourth-order valence-corrected chi connectivity index (χ4v) is 6.16. The summed E-state index contributed by atoms with van der Waals surface area (Å²) in [6, 6.07) is -0.577. The summed E-state index contributed by atoms with van der Waals surface area (Å²) in [6.07, 6.45) is 42.7. The van der Waals surface area contributed by atoms with Crippen LogP contribution in [-0.4, -0.2) is 47.4 Å². The molecule has 0 saturated heterocycles. The standard InChI is InChI=1S/C43H81NO5/c1-3-5-7-9-11-13-15-17-21-25-29-33-37-43(48)49-38-34-30-26-22-18-20-24-28-32-36-42(47)44-40(39-45)41(46)35-31-27-23-19-16-14-12-10-8-6-4-2/h11,13,20,24,40-41,45-46H,3-10,12,14-19,21-23,25-39H2,1-2H3,(H,44,47)/b13-11-,24-20-. The Balaban J connectivity index is 3.58. The Labute approximate surface area is 303 Å². The van der Waals surface area contributed by atoms with E-state index in [1.54, 1.807) is 0 Å². The Morgan fingerprint density at radius 2 is 0.980 bits per heavy atom. The summed E-state index contributed by atoms with van der Waals surface area (Å²) in [5.41, 5.74) is 0. The molecule has 0 aliphatic rings. The van der Waals surface area contributed by atoms with Gasteiger partial charge >= 0.3 is 5.97 Å². The molecule has 6 nitrogen and oxygen atoms in total. The smallest absolute Gasteiger partial charge is 0.305 e. The van der Waals surface area contributed by atoms with E-state index in [9.17, 15) is 19.8 Å². The number of aliphatic hydroxyl groups excluding tert-OH is 2. The molecule has 0 aliphatic heterocycles. The molecule has 0 aliphatic carbocycles. The molecule has 0 radical (unpaired) electrons. The molecule has 0 rings (SSSR count). The van der Waals surface area contributed by atoms with Crippen LogP contribution in [-0.2, 0) is 14.3 Å². The third-order valence-corrected chi connectivity index (χ3v) is 9.47. The van der Waals surface area contributed by atoms with Gasteiger partial charge < -0.3 is 20.3 Å². The second-order valence-electron chi connectivity index (χ2n) is 14.3. The maximum absolute atomic E-state index is 12.3. The van der Waals surface area contributed by atoms with Crippen molar-refractivity contribution in [1.29, 1.82) is 0 Å². The molecular weight excluding hydrogens is 610 g/mol. The fraction of sp³-hybridized carbons (Fsp3) is 0.860. The number of rotatable bonds is 38. The number of allylic oxidation sites excluding steroid dienone is 4. The number of carbonyl (C=O) groups excluding carboxylic acids is 2. The van der Waals surface area contributed by atoms with Crippen LogP contribution in [0.1, 0.15) is 213 Å². The zero-order chi connectivity index (χ0) is 35.9. The molecule has 49 heavy (non-hydrogen) atoms. The van der Waals surface area contributed by atoms with Gasteiger partial charge in [-0.1, -0.05) is 154 Å². The van der Waals surface area contributed by atoms with Crippen molar-refractivity contribution in [3.8, 4) is 0 Å². The molecule has 6 heteroatoms. The van der Waals surface area contributed by atoms with Crippen LogP contribution >= 0.6 is 0 Å². The molecule has 1 amide bonds. The second-order valence-corrected chi connectivity index (χ2v) is 14.3. The van der Waals surface area contributed by atoms with Gasteiger partial charge in [-0.15, -0.1) is 0 Å². The van der Waals surface area contributed by atoms with Crippen molar-refractivity contribution < 1.29 is 24.5 Å². The summed E-state index contributed by atoms with van der Waals surface area (Å²) in [4.78, 5) is 24.3. The summed E-state index contributed by atoms with van der Waals surface area (Å²) >= 11 is 0. The third kappa shape index (κ3) is 36.0. The van der Waals surface area contributed by atoms with Gasteiger partial charge in [0.1, 0.15) is 0 Å². The summed E-state index contributed by atoms with van der Waals surface area (Å²) in [5.74, 6) is -0.146. The van der Waals surface area contributed by atoms with E-state index >= 15 is 0 Å². The molecule has 2 atom stereocenters. The van der Waals surface area contributed by atoms with Gasteiger partial charge in [0, 0.05) is 12.8 Å². The third-order valence-electron chi connectivity index (χ3n) is 9.47. The van der Waals surface area contributed by atoms with Gasteiger partial charge in [-0.3, -0.25) is 9.59 Å². The lowest BCUT2D eigenvalue weighted by Gasteiger charge is -2.22. The number of nitrogens with one attached hydrogen (secondary N) is 1. The Bertz CT molecular complexity index is 767. The molecule has 0 heterocycles. The van der Waals surface area contributed by atoms with Gasteiger partial charge in [0.2, 0.25) is 5.91 Å². The average Bonchev–Trinajstić information content (AvgIpc) is 3.10. The molecule has 0 fully saturated rings. The molecule has 288 valence electrons. The first kappa shape index (κ1) is 47.3. The molecule has 0 bridgehead atoms. The maximum atomic E-state index is 12.3. The molecule has 0 aromatic rings. The van der Waals surface area contributed by atoms with Gasteiger partial charge in [0.05, 0.1) is 25.4 Å². The molecular formula is C43H81NO5. The van der Waals surface area contributed by atoms with Crippen molar-refractivity contribution in [2.24, 2.45) is 0 Å². The highest BCUT2D eigenvalue weighted by Crippen LogP contribution is 2.14. The van der Waals surface area contributed by atoms with E-state index in [2.05, 4.69) is 43.5 Å². The van der Waals surface area contributed by atoms with E-state index in [1.807, 2.05) is 0 Å². The highest BCUT2D eigenvalue weighted by Gasteiger charge is 2.19. The Kier molecular flexibility index (Phi) is 37.8. The van der Waals surface area contributed by atoms with Gasteiger partial charge in [0.15, 0.2) is 0 Å². The lowest BCUT2D eigenvalue weighted by molar-refractivity contribution is -0.143. The minimum atomic E-state index is -0.693. The monoisotopic (exact) mass is 692 g/mol. The second kappa shape index (κ2) is 39.1. The minimum absolute atomic E-state index is 0.0470. The topological polar surface area (TPSA) is 95.9 Å². The number of aliphatic hydroxyl groups is 2. The molecule has 3 N–H and O–H groups in total. The highest BCUT2D eigenvalue weighted by molar-refractivity contribution is 5.76. The summed E-state index contributed by atoms with van der Waals surface area (Å²) < 4.78 is 5.40. The summed E-state index contributed by atoms with van der Waals surface area (Å²) in [5, 5.41) is 23.0. The predicted molar refractivity (Wildman–Crippen MR) is 209 cm³/mol. The van der Waals surface area contributed by atoms with E-state index in [0.717, 1.165) is 70.6 Å². The van der Waals surface area contributed by atoms with E-state index in [4.69, 9.17) is 4.74 Å². The van der Waals surface area contributed by atoms with Gasteiger partial charge in [-0.2, -0.15) is 0 Å². The van der Waals surface area contributed by atoms with Crippen LogP contribution in [0.2, 0.25) is 0 Å². The van der Waals surface area contributed by atoms with Crippen LogP contribution in [0.3, 0.4) is 0 Å². The van der Waals surface area contributed by atoms with Crippen LogP contribution in [0.5, 0.6) is 0 Å². The van der Waals surface area contributed by atoms with Crippen molar-refractivity contribution in [1.82, 2.24) is 5.32 Å². The molecule has 0 saturated carbocycles. The lowest BCUT2D eigenvalue weighted by atomic mass is 10.0. The lowest BCUT2D eigenvalue weighted by Crippen LogP contribution is -2.45. The number of unbranched alkanes of at least 4 members (excludes halogenated alkanes) is 23. The van der Waals surface area contributed by atoms with E-state index in [-0.39, 0.29) is 18.5 Å². The average molecular weight is 692 g/mol. The van der Waals surface area contributed by atoms with E-state index < -0.39 is 12.1 Å². The van der Waals surface area contributed by atoms with Crippen LogP contribution in [0.15, 0.2) is 24.3 Å². The number of esters is 1. The number of ether oxygens (including phenoxy) is 1. The molecule has 0 spiro atoms. The highest BCUT2D eigenvalue weighted by atomic mass is 16.5. The molecule has 2 unspecified atom stereocenters. The SMILES string of the molecule is CCCCC/C=C\CCCCCCCC(=O)OCCCCCC/C=C\CCCC(=O)NC(CO)C(O)CCCCCCCCCCCCC. The number of hydrogen-bond donors (Lipinski definition) is 3. The first-order valence-corrected chi connectivity index (χ1v) is 21.1. The van der Waals surface area contributed by atoms with Crippen LogP contribution < -0.4 is 5.32 Å². The van der Waals surface area contributed by atoms with E-state index in [1.165, 1.54) is 109 Å². The quantitative estimate of drug-likeness (QED) is 0.0340. The summed E-state index contributed by atoms with van der Waals surface area (Å²) in [6.45, 7) is 4.80. The van der Waals surface area contributed by atoms with Crippen LogP contribution in [0.25, 0.3) is 0 Å². The Morgan fingerprint density at radius 1 is 0.551 bits per heavy atom. The molecule has 0 aromatic carbocycles. The fourth-order valence-electron chi connectivity index (χ4n) is 6.16. The normalized spacial score (nSPS) is 13.0. The Morgan fingerprint density at radius 3 is 1.53 bits per heavy atom. The van der Waals surface area contributed by atoms with Gasteiger partial charge in [-0.25, -0.2) is 0 Å². The minimum Gasteiger partial charge on any atom is -0.466 e. The van der Waals surface area contributed by atoms with Gasteiger partial charge in [0.25, 0.3) is 0 Å². The summed E-state index contributed by atoms with van der Waals surface area (Å²) in [7, 11) is 0. The van der Waals surface area contributed by atoms with Crippen molar-refractivity contribution in [3.63, 3.8) is 0 Å². The zero-order valence-corrected chi connectivity index (χ0v) is 32.4. The Hall–Kier alpha value is -1.66. The van der Waals surface area contributed by atoms with E-state index in [0.29, 0.717) is 25.9 Å². The van der Waals surface area contributed by atoms with Crippen LogP contribution in [0.4, 0.5) is 0 Å². The first-order chi connectivity index (χ1) is 24.0. The molecule has 0 aromatic heterocycles. The van der Waals surface area contributed by atoms with Crippen LogP contribution in [0, 0.1) is 0 Å². The van der Waals surface area contributed by atoms with Gasteiger partial charge in [-0.05, 0) is 70.6 Å². The van der Waals surface area contributed by atoms with Crippen molar-refractivity contribution in [2.45, 2.75) is 225 Å². The van der Waals surface area contributed by atoms with Crippen molar-refractivity contribution in [2.75, 3.05) is 13.2 Å². The van der Waals surface area contributed by atoms with Crippen molar-refractivity contribution in [3.05, 3.63) is 24.3 Å². The maximum Gasteiger partial charge on any atom is 0.305 e. The zero-order valence-electron chi connectivity index (χ0n) is 32.4. The largest absolute Gasteiger partial charge is 0.466 e. The predicted octanol–water partition coefficient (Wildman–Crippen LogP) is 11.6. The first-order valence-electron chi connectivity index (χ1n) is 21.1. The number of amides is 1.